The van der Waals surface area contributed by atoms with Crippen molar-refractivity contribution in [3.05, 3.63) is 24.0 Å². The lowest BCUT2D eigenvalue weighted by molar-refractivity contribution is 0.554. The minimum Gasteiger partial charge on any atom is -0.397 e. The van der Waals surface area contributed by atoms with Crippen molar-refractivity contribution >= 4 is 11.4 Å². The Balaban J connectivity index is 2.31. The van der Waals surface area contributed by atoms with Crippen molar-refractivity contribution in [2.24, 2.45) is 0 Å². The highest BCUT2D eigenvalue weighted by atomic mass is 19.1. The summed E-state index contributed by atoms with van der Waals surface area (Å²) in [7, 11) is 0. The van der Waals surface area contributed by atoms with Crippen LogP contribution in [0.4, 0.5) is 15.8 Å². The summed E-state index contributed by atoms with van der Waals surface area (Å²) < 4.78 is 13.4. The fourth-order valence-corrected chi connectivity index (χ4v) is 2.68. The van der Waals surface area contributed by atoms with Gasteiger partial charge in [0.15, 0.2) is 0 Å². The zero-order chi connectivity index (χ0) is 12.3. The lowest BCUT2D eigenvalue weighted by atomic mass is 10.1. The summed E-state index contributed by atoms with van der Waals surface area (Å²) in [6.07, 6.45) is 5.99. The Kier molecular flexibility index (Phi) is 3.87. The van der Waals surface area contributed by atoms with E-state index in [1.807, 2.05) is 0 Å². The first-order valence-electron chi connectivity index (χ1n) is 6.54. The molecule has 0 spiro atoms. The molecule has 0 amide bonds. The molecule has 1 fully saturated rings. The van der Waals surface area contributed by atoms with E-state index in [0.717, 1.165) is 18.7 Å². The second-order valence-corrected chi connectivity index (χ2v) is 4.81. The van der Waals surface area contributed by atoms with Gasteiger partial charge in [-0.15, -0.1) is 0 Å². The molecular formula is C14H21FN2. The first-order valence-corrected chi connectivity index (χ1v) is 6.54. The van der Waals surface area contributed by atoms with E-state index < -0.39 is 0 Å². The van der Waals surface area contributed by atoms with E-state index in [1.165, 1.54) is 31.7 Å². The van der Waals surface area contributed by atoms with Gasteiger partial charge >= 0.3 is 0 Å². The molecule has 0 bridgehead atoms. The Bertz CT molecular complexity index is 378. The minimum atomic E-state index is -0.201. The predicted molar refractivity (Wildman–Crippen MR) is 70.7 cm³/mol. The molecule has 2 nitrogen and oxygen atoms in total. The van der Waals surface area contributed by atoms with Crippen LogP contribution in [0.1, 0.15) is 39.0 Å². The van der Waals surface area contributed by atoms with Gasteiger partial charge < -0.3 is 10.6 Å². The third-order valence-electron chi connectivity index (χ3n) is 3.65. The zero-order valence-electron chi connectivity index (χ0n) is 10.5. The normalized spacial score (nSPS) is 21.3. The summed E-state index contributed by atoms with van der Waals surface area (Å²) in [5, 5.41) is 0. The van der Waals surface area contributed by atoms with Crippen LogP contribution < -0.4 is 10.6 Å². The van der Waals surface area contributed by atoms with Crippen molar-refractivity contribution in [1.29, 1.82) is 0 Å². The summed E-state index contributed by atoms with van der Waals surface area (Å²) in [6, 6.07) is 5.17. The molecule has 1 aliphatic heterocycles. The van der Waals surface area contributed by atoms with E-state index in [1.54, 1.807) is 12.1 Å². The SMILES string of the molecule is CCC1CCCCCN1c1cc(F)ccc1N. The number of rotatable bonds is 2. The Hall–Kier alpha value is -1.25. The Morgan fingerprint density at radius 1 is 1.35 bits per heavy atom. The maximum Gasteiger partial charge on any atom is 0.125 e. The van der Waals surface area contributed by atoms with E-state index in [-0.39, 0.29) is 5.82 Å². The fourth-order valence-electron chi connectivity index (χ4n) is 2.68. The molecule has 0 radical (unpaired) electrons. The van der Waals surface area contributed by atoms with Gasteiger partial charge in [-0.2, -0.15) is 0 Å². The Labute approximate surface area is 103 Å². The molecule has 94 valence electrons. The van der Waals surface area contributed by atoms with Crippen molar-refractivity contribution < 1.29 is 4.39 Å². The average Bonchev–Trinajstić information content (AvgIpc) is 2.57. The van der Waals surface area contributed by atoms with Gasteiger partial charge in [-0.3, -0.25) is 0 Å². The van der Waals surface area contributed by atoms with Gasteiger partial charge in [0, 0.05) is 12.6 Å². The number of anilines is 2. The number of nitrogens with two attached hydrogens (primary N) is 1. The van der Waals surface area contributed by atoms with E-state index >= 15 is 0 Å². The first kappa shape index (κ1) is 12.2. The number of halogens is 1. The smallest absolute Gasteiger partial charge is 0.125 e. The molecule has 0 aromatic heterocycles. The van der Waals surface area contributed by atoms with E-state index in [2.05, 4.69) is 11.8 Å². The molecule has 1 unspecified atom stereocenters. The van der Waals surface area contributed by atoms with Gasteiger partial charge in [-0.25, -0.2) is 4.39 Å². The van der Waals surface area contributed by atoms with Crippen LogP contribution in [0.15, 0.2) is 18.2 Å². The highest BCUT2D eigenvalue weighted by Crippen LogP contribution is 2.30. The van der Waals surface area contributed by atoms with Gasteiger partial charge in [0.25, 0.3) is 0 Å². The maximum absolute atomic E-state index is 13.4. The summed E-state index contributed by atoms with van der Waals surface area (Å²) in [5.74, 6) is -0.201. The van der Waals surface area contributed by atoms with Crippen molar-refractivity contribution in [3.63, 3.8) is 0 Å². The summed E-state index contributed by atoms with van der Waals surface area (Å²) in [4.78, 5) is 2.30. The molecule has 1 aromatic carbocycles. The van der Waals surface area contributed by atoms with Gasteiger partial charge in [0.1, 0.15) is 5.82 Å². The van der Waals surface area contributed by atoms with Crippen LogP contribution >= 0.6 is 0 Å². The molecule has 0 saturated carbocycles. The monoisotopic (exact) mass is 236 g/mol. The number of nitrogens with zero attached hydrogens (tertiary/aromatic N) is 1. The molecule has 1 atom stereocenters. The van der Waals surface area contributed by atoms with Crippen molar-refractivity contribution in [2.45, 2.75) is 45.1 Å². The highest BCUT2D eigenvalue weighted by molar-refractivity contribution is 5.68. The summed E-state index contributed by atoms with van der Waals surface area (Å²) >= 11 is 0. The summed E-state index contributed by atoms with van der Waals surface area (Å²) in [5.41, 5.74) is 7.54. The largest absolute Gasteiger partial charge is 0.397 e. The average molecular weight is 236 g/mol. The van der Waals surface area contributed by atoms with Gasteiger partial charge in [0.2, 0.25) is 0 Å². The lowest BCUT2D eigenvalue weighted by Gasteiger charge is -2.32. The van der Waals surface area contributed by atoms with Gasteiger partial charge in [-0.1, -0.05) is 19.8 Å². The molecule has 17 heavy (non-hydrogen) atoms. The van der Waals surface area contributed by atoms with E-state index in [4.69, 9.17) is 5.73 Å². The molecule has 3 heteroatoms. The maximum atomic E-state index is 13.4. The highest BCUT2D eigenvalue weighted by Gasteiger charge is 2.21. The second-order valence-electron chi connectivity index (χ2n) is 4.81. The molecule has 1 aromatic rings. The van der Waals surface area contributed by atoms with Crippen LogP contribution in [0.5, 0.6) is 0 Å². The molecule has 1 saturated heterocycles. The zero-order valence-corrected chi connectivity index (χ0v) is 10.5. The van der Waals surface area contributed by atoms with Crippen LogP contribution in [0.3, 0.4) is 0 Å². The standard InChI is InChI=1S/C14H21FN2/c1-2-12-6-4-3-5-9-17(12)14-10-11(15)7-8-13(14)16/h7-8,10,12H,2-6,9,16H2,1H3. The van der Waals surface area contributed by atoms with Crippen LogP contribution in [0, 0.1) is 5.82 Å². The molecular weight excluding hydrogens is 215 g/mol. The first-order chi connectivity index (χ1) is 8.22. The quantitative estimate of drug-likeness (QED) is 0.795. The predicted octanol–water partition coefficient (Wildman–Crippen LogP) is 3.57. The Morgan fingerprint density at radius 2 is 2.18 bits per heavy atom. The molecule has 0 aliphatic carbocycles. The number of benzene rings is 1. The molecule has 2 N–H and O–H groups in total. The minimum absolute atomic E-state index is 0.201. The van der Waals surface area contributed by atoms with Crippen LogP contribution in [-0.2, 0) is 0 Å². The van der Waals surface area contributed by atoms with Crippen molar-refractivity contribution in [1.82, 2.24) is 0 Å². The van der Waals surface area contributed by atoms with Crippen LogP contribution in [0.2, 0.25) is 0 Å². The number of hydrogen-bond donors (Lipinski definition) is 1. The fraction of sp³-hybridized carbons (Fsp3) is 0.571. The summed E-state index contributed by atoms with van der Waals surface area (Å²) in [6.45, 7) is 3.19. The van der Waals surface area contributed by atoms with Crippen molar-refractivity contribution in [3.8, 4) is 0 Å². The number of nitrogen functional groups attached to an aromatic ring is 1. The van der Waals surface area contributed by atoms with Gasteiger partial charge in [-0.05, 0) is 37.5 Å². The number of hydrogen-bond acceptors (Lipinski definition) is 2. The lowest BCUT2D eigenvalue weighted by Crippen LogP contribution is -2.34. The second kappa shape index (κ2) is 5.39. The third kappa shape index (κ3) is 2.71. The van der Waals surface area contributed by atoms with Gasteiger partial charge in [0.05, 0.1) is 11.4 Å². The van der Waals surface area contributed by atoms with Crippen LogP contribution in [0.25, 0.3) is 0 Å². The third-order valence-corrected chi connectivity index (χ3v) is 3.65. The van der Waals surface area contributed by atoms with E-state index in [0.29, 0.717) is 11.7 Å². The topological polar surface area (TPSA) is 29.3 Å². The van der Waals surface area contributed by atoms with Crippen molar-refractivity contribution in [2.75, 3.05) is 17.2 Å². The van der Waals surface area contributed by atoms with Crippen LogP contribution in [-0.4, -0.2) is 12.6 Å². The molecule has 1 aliphatic rings. The van der Waals surface area contributed by atoms with E-state index in [9.17, 15) is 4.39 Å². The molecule has 1 heterocycles. The molecule has 2 rings (SSSR count). The Morgan fingerprint density at radius 3 is 2.94 bits per heavy atom.